The van der Waals surface area contributed by atoms with Crippen molar-refractivity contribution in [2.75, 3.05) is 26.1 Å². The van der Waals surface area contributed by atoms with Gasteiger partial charge in [0.25, 0.3) is 0 Å². The molecular weight excluding hydrogens is 433 g/mol. The van der Waals surface area contributed by atoms with Crippen LogP contribution in [0.1, 0.15) is 17.8 Å². The van der Waals surface area contributed by atoms with Crippen molar-refractivity contribution in [1.82, 2.24) is 9.78 Å². The van der Waals surface area contributed by atoms with Crippen LogP contribution < -0.4 is 20.5 Å². The maximum Gasteiger partial charge on any atom is 0.193 e. The number of aliphatic imine (C=N–C) groups is 1. The number of rotatable bonds is 7. The van der Waals surface area contributed by atoms with E-state index in [0.29, 0.717) is 24.0 Å². The summed E-state index contributed by atoms with van der Waals surface area (Å²) in [6.45, 7) is 5.50. The number of aryl methyl sites for hydroxylation is 3. The summed E-state index contributed by atoms with van der Waals surface area (Å²) in [6.07, 6.45) is 0.871. The molecule has 3 N–H and O–H groups in total. The molecule has 0 aliphatic heterocycles. The Morgan fingerprint density at radius 2 is 1.92 bits per heavy atom. The van der Waals surface area contributed by atoms with Gasteiger partial charge in [-0.2, -0.15) is 5.10 Å². The number of hydrogen-bond acceptors (Lipinski definition) is 4. The summed E-state index contributed by atoms with van der Waals surface area (Å²) in [5.41, 5.74) is 8.92. The van der Waals surface area contributed by atoms with Crippen molar-refractivity contribution in [3.63, 3.8) is 0 Å². The third-order valence-corrected chi connectivity index (χ3v) is 3.57. The zero-order chi connectivity index (χ0) is 17.5. The van der Waals surface area contributed by atoms with Crippen LogP contribution in [0.25, 0.3) is 0 Å². The van der Waals surface area contributed by atoms with Crippen LogP contribution >= 0.6 is 24.0 Å². The first kappa shape index (κ1) is 21.1. The van der Waals surface area contributed by atoms with E-state index < -0.39 is 0 Å². The number of aromatic nitrogens is 2. The van der Waals surface area contributed by atoms with Gasteiger partial charge in [-0.05, 0) is 38.5 Å². The lowest BCUT2D eigenvalue weighted by molar-refractivity contribution is 0.355. The zero-order valence-corrected chi connectivity index (χ0v) is 17.4. The van der Waals surface area contributed by atoms with Crippen molar-refractivity contribution in [2.45, 2.75) is 26.8 Å². The highest BCUT2D eigenvalue weighted by Gasteiger charge is 2.05. The van der Waals surface area contributed by atoms with E-state index in [9.17, 15) is 0 Å². The topological polar surface area (TPSA) is 86.7 Å². The SMILES string of the molecule is COc1ccc(NC(N)=NCCCn2nc(C)cc2C)cc1OC.I. The van der Waals surface area contributed by atoms with Crippen molar-refractivity contribution in [2.24, 2.45) is 10.7 Å². The Bertz CT molecular complexity index is 715. The van der Waals surface area contributed by atoms with Gasteiger partial charge in [0.2, 0.25) is 0 Å². The van der Waals surface area contributed by atoms with Crippen molar-refractivity contribution in [1.29, 1.82) is 0 Å². The number of nitrogens with one attached hydrogen (secondary N) is 1. The van der Waals surface area contributed by atoms with Crippen LogP contribution in [0.3, 0.4) is 0 Å². The number of nitrogens with zero attached hydrogens (tertiary/aromatic N) is 3. The molecule has 0 radical (unpaired) electrons. The molecular formula is C17H26IN5O2. The number of ether oxygens (including phenoxy) is 2. The summed E-state index contributed by atoms with van der Waals surface area (Å²) in [5.74, 6) is 1.68. The summed E-state index contributed by atoms with van der Waals surface area (Å²) in [6, 6.07) is 7.56. The smallest absolute Gasteiger partial charge is 0.193 e. The lowest BCUT2D eigenvalue weighted by Gasteiger charge is -2.11. The fraction of sp³-hybridized carbons (Fsp3) is 0.412. The van der Waals surface area contributed by atoms with Crippen molar-refractivity contribution in [3.05, 3.63) is 35.7 Å². The van der Waals surface area contributed by atoms with E-state index in [1.54, 1.807) is 14.2 Å². The first-order valence-electron chi connectivity index (χ1n) is 7.83. The van der Waals surface area contributed by atoms with Crippen LogP contribution in [0, 0.1) is 13.8 Å². The third-order valence-electron chi connectivity index (χ3n) is 3.57. The van der Waals surface area contributed by atoms with Crippen molar-refractivity contribution < 1.29 is 9.47 Å². The largest absolute Gasteiger partial charge is 0.493 e. The Hall–Kier alpha value is -1.97. The Balaban J connectivity index is 0.00000312. The first-order valence-corrected chi connectivity index (χ1v) is 7.83. The molecule has 7 nitrogen and oxygen atoms in total. The Labute approximate surface area is 165 Å². The maximum atomic E-state index is 5.93. The summed E-state index contributed by atoms with van der Waals surface area (Å²) >= 11 is 0. The van der Waals surface area contributed by atoms with Gasteiger partial charge in [0.15, 0.2) is 17.5 Å². The molecule has 0 aliphatic rings. The van der Waals surface area contributed by atoms with Crippen LogP contribution in [-0.4, -0.2) is 36.5 Å². The monoisotopic (exact) mass is 459 g/mol. The number of hydrogen-bond donors (Lipinski definition) is 2. The number of benzene rings is 1. The van der Waals surface area contributed by atoms with Gasteiger partial charge in [-0.15, -0.1) is 24.0 Å². The van der Waals surface area contributed by atoms with Gasteiger partial charge in [0, 0.05) is 30.5 Å². The number of anilines is 1. The van der Waals surface area contributed by atoms with E-state index in [4.69, 9.17) is 15.2 Å². The predicted molar refractivity (Wildman–Crippen MR) is 111 cm³/mol. The minimum atomic E-state index is 0. The van der Waals surface area contributed by atoms with E-state index in [2.05, 4.69) is 28.4 Å². The number of guanidine groups is 1. The van der Waals surface area contributed by atoms with Gasteiger partial charge in [0.05, 0.1) is 19.9 Å². The number of methoxy groups -OCH3 is 2. The average molecular weight is 459 g/mol. The molecule has 2 aromatic rings. The molecule has 138 valence electrons. The van der Waals surface area contributed by atoms with E-state index in [-0.39, 0.29) is 24.0 Å². The van der Waals surface area contributed by atoms with Gasteiger partial charge < -0.3 is 20.5 Å². The highest BCUT2D eigenvalue weighted by atomic mass is 127. The molecule has 1 aromatic heterocycles. The lowest BCUT2D eigenvalue weighted by Crippen LogP contribution is -2.23. The molecule has 0 unspecified atom stereocenters. The van der Waals surface area contributed by atoms with E-state index in [0.717, 1.165) is 30.0 Å². The molecule has 0 spiro atoms. The molecule has 1 aromatic carbocycles. The lowest BCUT2D eigenvalue weighted by atomic mass is 10.3. The van der Waals surface area contributed by atoms with Crippen LogP contribution in [0.2, 0.25) is 0 Å². The molecule has 0 saturated heterocycles. The second kappa shape index (κ2) is 10.1. The number of halogens is 1. The highest BCUT2D eigenvalue weighted by Crippen LogP contribution is 2.29. The molecule has 25 heavy (non-hydrogen) atoms. The van der Waals surface area contributed by atoms with E-state index >= 15 is 0 Å². The van der Waals surface area contributed by atoms with Crippen LogP contribution in [0.5, 0.6) is 11.5 Å². The van der Waals surface area contributed by atoms with Crippen molar-refractivity contribution in [3.8, 4) is 11.5 Å². The molecule has 0 aliphatic carbocycles. The predicted octanol–water partition coefficient (Wildman–Crippen LogP) is 2.95. The van der Waals surface area contributed by atoms with Crippen LogP contribution in [0.15, 0.2) is 29.3 Å². The highest BCUT2D eigenvalue weighted by molar-refractivity contribution is 14.0. The Kier molecular flexibility index (Phi) is 8.53. The van der Waals surface area contributed by atoms with Crippen LogP contribution in [0.4, 0.5) is 5.69 Å². The van der Waals surface area contributed by atoms with Gasteiger partial charge in [0.1, 0.15) is 0 Å². The first-order chi connectivity index (χ1) is 11.5. The fourth-order valence-corrected chi connectivity index (χ4v) is 2.42. The minimum absolute atomic E-state index is 0. The fourth-order valence-electron chi connectivity index (χ4n) is 2.42. The van der Waals surface area contributed by atoms with E-state index in [1.165, 1.54) is 0 Å². The normalized spacial score (nSPS) is 11.0. The van der Waals surface area contributed by atoms with Crippen molar-refractivity contribution >= 4 is 35.6 Å². The van der Waals surface area contributed by atoms with Gasteiger partial charge in [-0.25, -0.2) is 0 Å². The third kappa shape index (κ3) is 6.11. The molecule has 0 saturated carbocycles. The summed E-state index contributed by atoms with van der Waals surface area (Å²) in [5, 5.41) is 7.48. The molecule has 2 rings (SSSR count). The summed E-state index contributed by atoms with van der Waals surface area (Å²) in [7, 11) is 3.20. The molecule has 0 bridgehead atoms. The molecule has 0 atom stereocenters. The quantitative estimate of drug-likeness (QED) is 0.288. The molecule has 0 fully saturated rings. The maximum absolute atomic E-state index is 5.93. The minimum Gasteiger partial charge on any atom is -0.493 e. The number of nitrogens with two attached hydrogens (primary N) is 1. The van der Waals surface area contributed by atoms with Gasteiger partial charge >= 0.3 is 0 Å². The Morgan fingerprint density at radius 1 is 1.20 bits per heavy atom. The van der Waals surface area contributed by atoms with Gasteiger partial charge in [-0.3, -0.25) is 9.67 Å². The summed E-state index contributed by atoms with van der Waals surface area (Å²) in [4.78, 5) is 4.34. The zero-order valence-electron chi connectivity index (χ0n) is 15.1. The molecule has 8 heteroatoms. The second-order valence-electron chi connectivity index (χ2n) is 5.47. The summed E-state index contributed by atoms with van der Waals surface area (Å²) < 4.78 is 12.5. The van der Waals surface area contributed by atoms with E-state index in [1.807, 2.05) is 29.8 Å². The molecule has 0 amide bonds. The molecule has 1 heterocycles. The second-order valence-corrected chi connectivity index (χ2v) is 5.47. The van der Waals surface area contributed by atoms with Crippen LogP contribution in [-0.2, 0) is 6.54 Å². The standard InChI is InChI=1S/C17H25N5O2.HI/c1-12-10-13(2)22(21-12)9-5-8-19-17(18)20-14-6-7-15(23-3)16(11-14)24-4;/h6-7,10-11H,5,8-9H2,1-4H3,(H3,18,19,20);1H. The Morgan fingerprint density at radius 3 is 2.52 bits per heavy atom. The average Bonchev–Trinajstić information content (AvgIpc) is 2.89. The van der Waals surface area contributed by atoms with Gasteiger partial charge in [-0.1, -0.05) is 0 Å².